The molecule has 0 unspecified atom stereocenters. The van der Waals surface area contributed by atoms with E-state index in [1.807, 2.05) is 0 Å². The van der Waals surface area contributed by atoms with Crippen LogP contribution < -0.4 is 11.1 Å². The Morgan fingerprint density at radius 1 is 1.18 bits per heavy atom. The zero-order valence-corrected chi connectivity index (χ0v) is 19.0. The molecule has 1 aromatic carbocycles. The third-order valence-corrected chi connectivity index (χ3v) is 6.91. The molecule has 10 nitrogen and oxygen atoms in total. The van der Waals surface area contributed by atoms with E-state index in [1.165, 1.54) is 4.68 Å². The number of nitrogens with one attached hydrogen (secondary N) is 1. The van der Waals surface area contributed by atoms with E-state index >= 15 is 0 Å². The van der Waals surface area contributed by atoms with Gasteiger partial charge in [0, 0.05) is 16.8 Å². The molecule has 11 heteroatoms. The number of nitrogens with two attached hydrogens (primary N) is 1. The van der Waals surface area contributed by atoms with E-state index in [0.29, 0.717) is 34.2 Å². The maximum absolute atomic E-state index is 13.4. The average molecular weight is 513 g/mol. The molecule has 2 fully saturated rings. The lowest BCUT2D eigenvalue weighted by molar-refractivity contribution is -0.138. The number of primary amides is 1. The van der Waals surface area contributed by atoms with Crippen molar-refractivity contribution in [3.63, 3.8) is 0 Å². The summed E-state index contributed by atoms with van der Waals surface area (Å²) in [6, 6.07) is 11.2. The summed E-state index contributed by atoms with van der Waals surface area (Å²) in [6.45, 7) is -0.262. The highest BCUT2D eigenvalue weighted by molar-refractivity contribution is 9.10. The first-order valence-electron chi connectivity index (χ1n) is 10.4. The van der Waals surface area contributed by atoms with Crippen LogP contribution in [0, 0.1) is 5.41 Å². The van der Waals surface area contributed by atoms with Crippen molar-refractivity contribution < 1.29 is 19.5 Å². The van der Waals surface area contributed by atoms with Gasteiger partial charge < -0.3 is 21.1 Å². The predicted octanol–water partition coefficient (Wildman–Crippen LogP) is 1.28. The van der Waals surface area contributed by atoms with E-state index in [1.54, 1.807) is 47.4 Å². The smallest absolute Gasteiger partial charge is 0.269 e. The molecule has 170 valence electrons. The Morgan fingerprint density at radius 2 is 1.97 bits per heavy atom. The summed E-state index contributed by atoms with van der Waals surface area (Å²) in [5, 5.41) is 17.5. The summed E-state index contributed by atoms with van der Waals surface area (Å²) in [5.41, 5.74) is 5.68. The van der Waals surface area contributed by atoms with Gasteiger partial charge in [-0.1, -0.05) is 24.3 Å². The van der Waals surface area contributed by atoms with Crippen LogP contribution in [0.2, 0.25) is 0 Å². The number of aromatic nitrogens is 3. The van der Waals surface area contributed by atoms with Gasteiger partial charge in [0.1, 0.15) is 23.0 Å². The largest absolute Gasteiger partial charge is 0.396 e. The third-order valence-electron chi connectivity index (χ3n) is 6.47. The molecule has 4 N–H and O–H groups in total. The van der Waals surface area contributed by atoms with Gasteiger partial charge in [-0.3, -0.25) is 19.1 Å². The van der Waals surface area contributed by atoms with Gasteiger partial charge in [-0.15, -0.1) is 0 Å². The molecule has 0 spiro atoms. The molecule has 1 saturated heterocycles. The van der Waals surface area contributed by atoms with E-state index in [-0.39, 0.29) is 36.7 Å². The van der Waals surface area contributed by atoms with Crippen LogP contribution in [0.25, 0.3) is 10.9 Å². The zero-order valence-electron chi connectivity index (χ0n) is 17.4. The van der Waals surface area contributed by atoms with Gasteiger partial charge in [0.2, 0.25) is 11.8 Å². The van der Waals surface area contributed by atoms with Crippen molar-refractivity contribution in [2.75, 3.05) is 11.9 Å². The van der Waals surface area contributed by atoms with E-state index < -0.39 is 17.4 Å². The Hall–Kier alpha value is -3.31. The Labute approximate surface area is 196 Å². The first kappa shape index (κ1) is 21.5. The predicted molar refractivity (Wildman–Crippen MR) is 122 cm³/mol. The van der Waals surface area contributed by atoms with Crippen molar-refractivity contribution >= 4 is 50.4 Å². The fourth-order valence-corrected chi connectivity index (χ4v) is 5.11. The number of pyridine rings is 1. The van der Waals surface area contributed by atoms with Crippen LogP contribution in [-0.2, 0) is 16.1 Å². The lowest BCUT2D eigenvalue weighted by Crippen LogP contribution is -2.46. The molecule has 3 heterocycles. The van der Waals surface area contributed by atoms with Crippen LogP contribution in [-0.4, -0.2) is 61.2 Å². The van der Waals surface area contributed by atoms with E-state index in [4.69, 9.17) is 5.73 Å². The average Bonchev–Trinajstić information content (AvgIpc) is 3.22. The number of aliphatic hydroxyl groups excluding tert-OH is 1. The molecular weight excluding hydrogens is 492 g/mol. The number of benzene rings is 1. The number of anilines is 1. The van der Waals surface area contributed by atoms with Gasteiger partial charge in [-0.2, -0.15) is 5.10 Å². The van der Waals surface area contributed by atoms with Crippen LogP contribution in [0.3, 0.4) is 0 Å². The van der Waals surface area contributed by atoms with Crippen molar-refractivity contribution in [3.8, 4) is 0 Å². The number of halogens is 1. The Kier molecular flexibility index (Phi) is 5.17. The number of rotatable bonds is 6. The number of piperidine rings is 1. The molecule has 2 aliphatic rings. The molecule has 0 radical (unpaired) electrons. The highest BCUT2D eigenvalue weighted by atomic mass is 79.9. The fraction of sp³-hybridized carbons (Fsp3) is 0.318. The van der Waals surface area contributed by atoms with Crippen molar-refractivity contribution in [2.24, 2.45) is 11.1 Å². The number of hydrogen-bond donors (Lipinski definition) is 3. The molecular formula is C22H21BrN6O4. The molecule has 1 aliphatic carbocycles. The number of nitrogens with zero attached hydrogens (tertiary/aromatic N) is 4. The molecule has 1 saturated carbocycles. The lowest BCUT2D eigenvalue weighted by Gasteiger charge is -2.26. The van der Waals surface area contributed by atoms with Crippen molar-refractivity contribution in [1.82, 2.24) is 19.7 Å². The number of para-hydroxylation sites is 1. The van der Waals surface area contributed by atoms with Crippen LogP contribution in [0.15, 0.2) is 47.1 Å². The minimum Gasteiger partial charge on any atom is -0.396 e. The topological polar surface area (TPSA) is 143 Å². The lowest BCUT2D eigenvalue weighted by atomic mass is 10.0. The minimum atomic E-state index is -0.749. The second-order valence-electron chi connectivity index (χ2n) is 8.48. The number of aliphatic hydroxyl groups is 1. The maximum Gasteiger partial charge on any atom is 0.269 e. The summed E-state index contributed by atoms with van der Waals surface area (Å²) in [6.07, 6.45) is 1.01. The van der Waals surface area contributed by atoms with Crippen LogP contribution in [0.4, 0.5) is 5.82 Å². The maximum atomic E-state index is 13.4. The fourth-order valence-electron chi connectivity index (χ4n) is 4.77. The van der Waals surface area contributed by atoms with Crippen LogP contribution in [0.1, 0.15) is 23.3 Å². The van der Waals surface area contributed by atoms with Crippen molar-refractivity contribution in [1.29, 1.82) is 0 Å². The SMILES string of the molecule is NC(=O)c1nn(CC(=O)N2[C@H](C(=O)Nc3cccc(Br)n3)C[C@@]3(CO)C[C@@H]23)c2ccccc12. The molecule has 33 heavy (non-hydrogen) atoms. The van der Waals surface area contributed by atoms with Crippen molar-refractivity contribution in [2.45, 2.75) is 31.5 Å². The first-order chi connectivity index (χ1) is 15.8. The number of amides is 3. The Balaban J connectivity index is 1.42. The van der Waals surface area contributed by atoms with Gasteiger partial charge in [0.25, 0.3) is 5.91 Å². The number of likely N-dealkylation sites (tertiary alicyclic amines) is 1. The van der Waals surface area contributed by atoms with Gasteiger partial charge in [-0.25, -0.2) is 4.98 Å². The first-order valence-corrected chi connectivity index (χ1v) is 11.2. The standard InChI is InChI=1S/C22H21BrN6O4/c23-16-6-3-7-17(25-16)26-21(33)14-8-22(11-30)9-15(22)29(14)18(31)10-28-13-5-2-1-4-12(13)19(27-28)20(24)32/h1-7,14-15,30H,8-11H2,(H2,24,32)(H,25,26,33)/t14-,15+,22-/m0/s1. The summed E-state index contributed by atoms with van der Waals surface area (Å²) >= 11 is 3.27. The molecule has 3 amide bonds. The number of hydrogen-bond acceptors (Lipinski definition) is 6. The van der Waals surface area contributed by atoms with Gasteiger partial charge in [-0.05, 0) is 47.0 Å². The van der Waals surface area contributed by atoms with Gasteiger partial charge in [0.15, 0.2) is 5.69 Å². The van der Waals surface area contributed by atoms with Crippen molar-refractivity contribution in [3.05, 3.63) is 52.8 Å². The molecule has 3 atom stereocenters. The van der Waals surface area contributed by atoms with Crippen LogP contribution >= 0.6 is 15.9 Å². The number of carbonyl (C=O) groups is 3. The summed E-state index contributed by atoms with van der Waals surface area (Å²) in [7, 11) is 0. The summed E-state index contributed by atoms with van der Waals surface area (Å²) < 4.78 is 2.01. The molecule has 5 rings (SSSR count). The number of carbonyl (C=O) groups excluding carboxylic acids is 3. The van der Waals surface area contributed by atoms with E-state index in [0.717, 1.165) is 0 Å². The van der Waals surface area contributed by atoms with Crippen LogP contribution in [0.5, 0.6) is 0 Å². The summed E-state index contributed by atoms with van der Waals surface area (Å²) in [5.74, 6) is -1.00. The number of fused-ring (bicyclic) bond motifs is 2. The molecule has 3 aromatic rings. The molecule has 0 bridgehead atoms. The second-order valence-corrected chi connectivity index (χ2v) is 9.30. The van der Waals surface area contributed by atoms with Gasteiger partial charge in [0.05, 0.1) is 12.1 Å². The normalized spacial score (nSPS) is 23.4. The third kappa shape index (κ3) is 3.66. The van der Waals surface area contributed by atoms with E-state index in [2.05, 4.69) is 31.3 Å². The minimum absolute atomic E-state index is 0.0889. The molecule has 1 aliphatic heterocycles. The Morgan fingerprint density at radius 3 is 2.70 bits per heavy atom. The van der Waals surface area contributed by atoms with Gasteiger partial charge >= 0.3 is 0 Å². The van der Waals surface area contributed by atoms with E-state index in [9.17, 15) is 19.5 Å². The monoisotopic (exact) mass is 512 g/mol. The summed E-state index contributed by atoms with van der Waals surface area (Å²) in [4.78, 5) is 44.1. The quantitative estimate of drug-likeness (QED) is 0.424. The highest BCUT2D eigenvalue weighted by Gasteiger charge is 2.66. The molecule has 2 aromatic heterocycles. The second kappa shape index (κ2) is 7.92. The highest BCUT2D eigenvalue weighted by Crippen LogP contribution is 2.59. The zero-order chi connectivity index (χ0) is 23.3. The Bertz CT molecular complexity index is 1290.